The molecule has 0 amide bonds. The van der Waals surface area contributed by atoms with Gasteiger partial charge in [0, 0.05) is 0 Å². The zero-order valence-electron chi connectivity index (χ0n) is 4.73. The van der Waals surface area contributed by atoms with Gasteiger partial charge in [0.15, 0.2) is 0 Å². The second-order valence-corrected chi connectivity index (χ2v) is 2.36. The van der Waals surface area contributed by atoms with Crippen molar-refractivity contribution in [1.29, 1.82) is 0 Å². The average molecular weight is 238 g/mol. The summed E-state index contributed by atoms with van der Waals surface area (Å²) in [6.07, 6.45) is 0. The van der Waals surface area contributed by atoms with Crippen molar-refractivity contribution in [3.8, 4) is 0 Å². The Balaban J connectivity index is -0.000000107. The van der Waals surface area contributed by atoms with Gasteiger partial charge in [-0.05, 0) is 0 Å². The molecule has 64 valence electrons. The van der Waals surface area contributed by atoms with E-state index in [9.17, 15) is 7.77 Å². The van der Waals surface area contributed by atoms with Crippen LogP contribution >= 0.6 is 0 Å². The summed E-state index contributed by atoms with van der Waals surface area (Å²) >= 11 is 0. The average Bonchev–Trinajstić information content (AvgIpc) is 1.12. The Labute approximate surface area is 91.7 Å². The number of hydrogen-bond acceptors (Lipinski definition) is 6. The van der Waals surface area contributed by atoms with E-state index in [1.54, 1.807) is 0 Å². The van der Waals surface area contributed by atoms with Gasteiger partial charge in [0.25, 0.3) is 21.0 Å². The Kier molecular flexibility index (Phi) is 10.5. The first-order valence-electron chi connectivity index (χ1n) is 1.31. The molecule has 0 bridgehead atoms. The van der Waals surface area contributed by atoms with E-state index in [-0.39, 0.29) is 37.7 Å². The number of hydrogen-bond donors (Lipinski definition) is 0. The van der Waals surface area contributed by atoms with Crippen molar-refractivity contribution >= 4 is 58.7 Å². The maximum absolute atomic E-state index is 10.1. The van der Waals surface area contributed by atoms with Crippen LogP contribution in [0, 0.1) is 0 Å². The van der Waals surface area contributed by atoms with E-state index in [4.69, 9.17) is 25.9 Å². The summed E-state index contributed by atoms with van der Waals surface area (Å²) in [5.41, 5.74) is 0. The molecule has 0 aromatic rings. The van der Waals surface area contributed by atoms with Crippen LogP contribution in [-0.4, -0.2) is 63.7 Å². The molecule has 11 heavy (non-hydrogen) atoms. The SMILES string of the molecule is O=S(=O)([O-])F.O=S(=O)([O-])F.[Ca+2]. The van der Waals surface area contributed by atoms with Crippen LogP contribution in [0.1, 0.15) is 0 Å². The van der Waals surface area contributed by atoms with Gasteiger partial charge in [-0.15, -0.1) is 7.77 Å². The molecule has 0 saturated heterocycles. The van der Waals surface area contributed by atoms with Gasteiger partial charge in [-0.3, -0.25) is 0 Å². The smallest absolute Gasteiger partial charge is 0.722 e. The van der Waals surface area contributed by atoms with E-state index in [0.717, 1.165) is 0 Å². The van der Waals surface area contributed by atoms with Crippen molar-refractivity contribution in [2.45, 2.75) is 0 Å². The summed E-state index contributed by atoms with van der Waals surface area (Å²) < 4.78 is 70.7. The summed E-state index contributed by atoms with van der Waals surface area (Å²) in [5.74, 6) is 0. The summed E-state index contributed by atoms with van der Waals surface area (Å²) in [6, 6.07) is 0. The molecule has 0 N–H and O–H groups in total. The molecule has 0 aliphatic carbocycles. The molecule has 11 heteroatoms. The monoisotopic (exact) mass is 238 g/mol. The first kappa shape index (κ1) is 17.9. The second kappa shape index (κ2) is 6.46. The fourth-order valence-corrected chi connectivity index (χ4v) is 0. The number of halogens is 2. The topological polar surface area (TPSA) is 114 Å². The molecule has 0 aliphatic rings. The molecule has 0 saturated carbocycles. The third kappa shape index (κ3) is 990. The second-order valence-electron chi connectivity index (χ2n) is 0.786. The molecular formula is CaF2O6S2. The first-order valence-corrected chi connectivity index (χ1v) is 3.93. The van der Waals surface area contributed by atoms with Crippen LogP contribution in [0.25, 0.3) is 0 Å². The van der Waals surface area contributed by atoms with Gasteiger partial charge in [0.1, 0.15) is 0 Å². The molecule has 0 aromatic heterocycles. The summed E-state index contributed by atoms with van der Waals surface area (Å²) in [4.78, 5) is 0. The van der Waals surface area contributed by atoms with E-state index >= 15 is 0 Å². The third-order valence-electron chi connectivity index (χ3n) is 0. The molecule has 0 unspecified atom stereocenters. The summed E-state index contributed by atoms with van der Waals surface area (Å²) in [5, 5.41) is 0. The van der Waals surface area contributed by atoms with Crippen molar-refractivity contribution in [1.82, 2.24) is 0 Å². The quantitative estimate of drug-likeness (QED) is 0.287. The van der Waals surface area contributed by atoms with E-state index in [2.05, 4.69) is 0 Å². The fourth-order valence-electron chi connectivity index (χ4n) is 0. The van der Waals surface area contributed by atoms with E-state index in [1.165, 1.54) is 0 Å². The van der Waals surface area contributed by atoms with E-state index < -0.39 is 21.0 Å². The molecule has 0 atom stereocenters. The van der Waals surface area contributed by atoms with Crippen LogP contribution in [0.5, 0.6) is 0 Å². The normalized spacial score (nSPS) is 10.5. The first-order chi connectivity index (χ1) is 4.00. The summed E-state index contributed by atoms with van der Waals surface area (Å²) in [6.45, 7) is 0. The zero-order chi connectivity index (χ0) is 9.00. The minimum absolute atomic E-state index is 0. The van der Waals surface area contributed by atoms with Gasteiger partial charge in [0.2, 0.25) is 0 Å². The molecule has 0 spiro atoms. The van der Waals surface area contributed by atoms with Gasteiger partial charge in [-0.1, -0.05) is 0 Å². The van der Waals surface area contributed by atoms with Crippen LogP contribution in [0.4, 0.5) is 7.77 Å². The molecule has 0 radical (unpaired) electrons. The van der Waals surface area contributed by atoms with Crippen molar-refractivity contribution < 1.29 is 33.7 Å². The van der Waals surface area contributed by atoms with Crippen molar-refractivity contribution in [3.05, 3.63) is 0 Å². The van der Waals surface area contributed by atoms with Crippen LogP contribution < -0.4 is 0 Å². The van der Waals surface area contributed by atoms with Gasteiger partial charge < -0.3 is 9.11 Å². The van der Waals surface area contributed by atoms with Gasteiger partial charge in [-0.2, -0.15) is 0 Å². The molecule has 0 heterocycles. The maximum atomic E-state index is 10.1. The Bertz CT molecular complexity index is 215. The molecule has 0 aromatic carbocycles. The van der Waals surface area contributed by atoms with E-state index in [0.29, 0.717) is 0 Å². The van der Waals surface area contributed by atoms with Crippen LogP contribution in [0.2, 0.25) is 0 Å². The van der Waals surface area contributed by atoms with Crippen LogP contribution in [0.3, 0.4) is 0 Å². The van der Waals surface area contributed by atoms with E-state index in [1.807, 2.05) is 0 Å². The van der Waals surface area contributed by atoms with Gasteiger partial charge in [0.05, 0.1) is 0 Å². The largest absolute Gasteiger partial charge is 2.00 e. The zero-order valence-corrected chi connectivity index (χ0v) is 8.57. The van der Waals surface area contributed by atoms with Crippen LogP contribution in [0.15, 0.2) is 0 Å². The predicted molar refractivity (Wildman–Crippen MR) is 27.4 cm³/mol. The molecule has 0 aliphatic heterocycles. The van der Waals surface area contributed by atoms with Crippen LogP contribution in [-0.2, 0) is 21.0 Å². The standard InChI is InChI=1S/Ca.2FHO3S/c;2*1-5(2,3)4/h;2*(H,2,3,4)/q+2;;/p-2. The summed E-state index contributed by atoms with van der Waals surface area (Å²) in [7, 11) is -10.8. The number of rotatable bonds is 0. The Morgan fingerprint density at radius 2 is 0.818 bits per heavy atom. The Morgan fingerprint density at radius 1 is 0.818 bits per heavy atom. The van der Waals surface area contributed by atoms with Crippen molar-refractivity contribution in [2.24, 2.45) is 0 Å². The minimum atomic E-state index is -5.42. The van der Waals surface area contributed by atoms with Crippen molar-refractivity contribution in [2.75, 3.05) is 0 Å². The third-order valence-corrected chi connectivity index (χ3v) is 0. The molecular weight excluding hydrogens is 238 g/mol. The fraction of sp³-hybridized carbons (Fsp3) is 0. The minimum Gasteiger partial charge on any atom is -0.722 e. The molecule has 0 rings (SSSR count). The Morgan fingerprint density at radius 3 is 0.818 bits per heavy atom. The molecule has 0 fully saturated rings. The Hall–Kier alpha value is 0.940. The van der Waals surface area contributed by atoms with Gasteiger partial charge >= 0.3 is 37.7 Å². The maximum Gasteiger partial charge on any atom is 2.00 e. The predicted octanol–water partition coefficient (Wildman–Crippen LogP) is -1.55. The van der Waals surface area contributed by atoms with Crippen molar-refractivity contribution in [3.63, 3.8) is 0 Å². The molecule has 6 nitrogen and oxygen atoms in total. The van der Waals surface area contributed by atoms with Gasteiger partial charge in [-0.25, -0.2) is 16.8 Å².